The van der Waals surface area contributed by atoms with Crippen LogP contribution >= 0.6 is 11.6 Å². The van der Waals surface area contributed by atoms with Crippen molar-refractivity contribution in [3.8, 4) is 11.5 Å². The molecule has 6 heteroatoms. The molecule has 1 atom stereocenters. The molecule has 0 spiro atoms. The van der Waals surface area contributed by atoms with E-state index < -0.39 is 0 Å². The molecular formula is C16H25ClN2O3. The van der Waals surface area contributed by atoms with Crippen LogP contribution in [0.15, 0.2) is 24.8 Å². The SMILES string of the molecule is C=CCOc1c(Cl)cc(CNCCNCC(C)O)cc1OC. The predicted molar refractivity (Wildman–Crippen MR) is 90.0 cm³/mol. The molecule has 5 nitrogen and oxygen atoms in total. The summed E-state index contributed by atoms with van der Waals surface area (Å²) in [5, 5.41) is 16.1. The molecule has 1 aromatic rings. The molecule has 0 amide bonds. The summed E-state index contributed by atoms with van der Waals surface area (Å²) in [4.78, 5) is 0. The Balaban J connectivity index is 2.50. The minimum atomic E-state index is -0.328. The maximum atomic E-state index is 9.13. The quantitative estimate of drug-likeness (QED) is 0.428. The van der Waals surface area contributed by atoms with Crippen molar-refractivity contribution in [1.82, 2.24) is 10.6 Å². The Morgan fingerprint density at radius 2 is 2.09 bits per heavy atom. The third-order valence-corrected chi connectivity index (χ3v) is 3.16. The Kier molecular flexibility index (Phi) is 8.92. The number of hydrogen-bond donors (Lipinski definition) is 3. The van der Waals surface area contributed by atoms with Gasteiger partial charge in [0.15, 0.2) is 11.5 Å². The second-order valence-corrected chi connectivity index (χ2v) is 5.35. The molecule has 0 radical (unpaired) electrons. The molecule has 0 aliphatic heterocycles. The van der Waals surface area contributed by atoms with Gasteiger partial charge in [0.1, 0.15) is 6.61 Å². The van der Waals surface area contributed by atoms with E-state index in [1.54, 1.807) is 20.1 Å². The molecule has 1 unspecified atom stereocenters. The van der Waals surface area contributed by atoms with Crippen LogP contribution in [0.4, 0.5) is 0 Å². The van der Waals surface area contributed by atoms with Gasteiger partial charge in [0.2, 0.25) is 0 Å². The second-order valence-electron chi connectivity index (χ2n) is 4.94. The van der Waals surface area contributed by atoms with Gasteiger partial charge < -0.3 is 25.2 Å². The summed E-state index contributed by atoms with van der Waals surface area (Å²) in [6.07, 6.45) is 1.33. The van der Waals surface area contributed by atoms with E-state index in [2.05, 4.69) is 17.2 Å². The summed E-state index contributed by atoms with van der Waals surface area (Å²) < 4.78 is 10.8. The van der Waals surface area contributed by atoms with Gasteiger partial charge in [-0.05, 0) is 24.6 Å². The lowest BCUT2D eigenvalue weighted by Crippen LogP contribution is -2.31. The summed E-state index contributed by atoms with van der Waals surface area (Å²) >= 11 is 6.24. The number of rotatable bonds is 11. The minimum absolute atomic E-state index is 0.328. The number of nitrogens with one attached hydrogen (secondary N) is 2. The van der Waals surface area contributed by atoms with Gasteiger partial charge in [-0.1, -0.05) is 24.3 Å². The number of benzene rings is 1. The monoisotopic (exact) mass is 328 g/mol. The normalized spacial score (nSPS) is 12.0. The third kappa shape index (κ3) is 6.66. The van der Waals surface area contributed by atoms with E-state index in [1.165, 1.54) is 0 Å². The largest absolute Gasteiger partial charge is 0.493 e. The zero-order chi connectivity index (χ0) is 16.4. The number of ether oxygens (including phenoxy) is 2. The van der Waals surface area contributed by atoms with Crippen LogP contribution in [0.5, 0.6) is 11.5 Å². The zero-order valence-corrected chi connectivity index (χ0v) is 13.9. The average Bonchev–Trinajstić information content (AvgIpc) is 2.48. The number of hydrogen-bond acceptors (Lipinski definition) is 5. The molecule has 0 saturated carbocycles. The molecule has 22 heavy (non-hydrogen) atoms. The average molecular weight is 329 g/mol. The molecule has 0 aliphatic carbocycles. The van der Waals surface area contributed by atoms with Gasteiger partial charge in [0.05, 0.1) is 18.2 Å². The molecule has 124 valence electrons. The van der Waals surface area contributed by atoms with E-state index in [1.807, 2.05) is 12.1 Å². The molecule has 1 rings (SSSR count). The maximum absolute atomic E-state index is 9.13. The van der Waals surface area contributed by atoms with Crippen molar-refractivity contribution in [2.24, 2.45) is 0 Å². The fourth-order valence-electron chi connectivity index (χ4n) is 1.88. The minimum Gasteiger partial charge on any atom is -0.493 e. The zero-order valence-electron chi connectivity index (χ0n) is 13.2. The van der Waals surface area contributed by atoms with Gasteiger partial charge in [-0.25, -0.2) is 0 Å². The van der Waals surface area contributed by atoms with Gasteiger partial charge in [0, 0.05) is 26.2 Å². The van der Waals surface area contributed by atoms with E-state index >= 15 is 0 Å². The highest BCUT2D eigenvalue weighted by molar-refractivity contribution is 6.32. The second kappa shape index (κ2) is 10.5. The summed E-state index contributed by atoms with van der Waals surface area (Å²) in [7, 11) is 1.59. The van der Waals surface area contributed by atoms with Gasteiger partial charge in [-0.2, -0.15) is 0 Å². The Hall–Kier alpha value is -1.27. The molecule has 1 aromatic carbocycles. The van der Waals surface area contributed by atoms with E-state index in [4.69, 9.17) is 26.2 Å². The standard InChI is InChI=1S/C16H25ClN2O3/c1-4-7-22-16-14(17)8-13(9-15(16)21-3)11-19-6-5-18-10-12(2)20/h4,8-9,12,18-20H,1,5-7,10-11H2,2-3H3. The van der Waals surface area contributed by atoms with E-state index in [0.29, 0.717) is 36.2 Å². The van der Waals surface area contributed by atoms with E-state index in [-0.39, 0.29) is 6.10 Å². The summed E-state index contributed by atoms with van der Waals surface area (Å²) in [5.74, 6) is 1.14. The Morgan fingerprint density at radius 1 is 1.36 bits per heavy atom. The van der Waals surface area contributed by atoms with Gasteiger partial charge in [-0.15, -0.1) is 0 Å². The van der Waals surface area contributed by atoms with Crippen molar-refractivity contribution in [2.75, 3.05) is 33.4 Å². The molecule has 0 aromatic heterocycles. The van der Waals surface area contributed by atoms with Crippen LogP contribution in [0.1, 0.15) is 12.5 Å². The van der Waals surface area contributed by atoms with E-state index in [0.717, 1.165) is 18.7 Å². The first-order valence-corrected chi connectivity index (χ1v) is 7.65. The molecule has 0 aliphatic rings. The van der Waals surface area contributed by atoms with Crippen LogP contribution in [-0.2, 0) is 6.54 Å². The van der Waals surface area contributed by atoms with Gasteiger partial charge in [0.25, 0.3) is 0 Å². The van der Waals surface area contributed by atoms with Crippen molar-refractivity contribution in [3.63, 3.8) is 0 Å². The molecule has 0 bridgehead atoms. The molecule has 0 heterocycles. The van der Waals surface area contributed by atoms with Gasteiger partial charge >= 0.3 is 0 Å². The molecule has 0 fully saturated rings. The molecule has 3 N–H and O–H groups in total. The highest BCUT2D eigenvalue weighted by Crippen LogP contribution is 2.36. The number of aliphatic hydroxyl groups excluding tert-OH is 1. The van der Waals surface area contributed by atoms with Crippen LogP contribution in [0.2, 0.25) is 5.02 Å². The maximum Gasteiger partial charge on any atom is 0.180 e. The van der Waals surface area contributed by atoms with Crippen molar-refractivity contribution in [1.29, 1.82) is 0 Å². The number of methoxy groups -OCH3 is 1. The van der Waals surface area contributed by atoms with Crippen LogP contribution in [-0.4, -0.2) is 44.6 Å². The number of halogens is 1. The fraction of sp³-hybridized carbons (Fsp3) is 0.500. The molecule has 0 saturated heterocycles. The first-order chi connectivity index (χ1) is 10.6. The number of aliphatic hydroxyl groups is 1. The van der Waals surface area contributed by atoms with Gasteiger partial charge in [-0.3, -0.25) is 0 Å². The van der Waals surface area contributed by atoms with Crippen molar-refractivity contribution in [3.05, 3.63) is 35.4 Å². The summed E-state index contributed by atoms with van der Waals surface area (Å²) in [6.45, 7) is 8.60. The first kappa shape index (κ1) is 18.8. The first-order valence-electron chi connectivity index (χ1n) is 7.28. The fourth-order valence-corrected chi connectivity index (χ4v) is 2.17. The third-order valence-electron chi connectivity index (χ3n) is 2.88. The summed E-state index contributed by atoms with van der Waals surface area (Å²) in [6, 6.07) is 3.76. The Labute approximate surface area is 137 Å². The smallest absolute Gasteiger partial charge is 0.180 e. The lowest BCUT2D eigenvalue weighted by molar-refractivity contribution is 0.191. The van der Waals surface area contributed by atoms with Crippen LogP contribution in [0.3, 0.4) is 0 Å². The Morgan fingerprint density at radius 3 is 2.73 bits per heavy atom. The van der Waals surface area contributed by atoms with Crippen LogP contribution in [0, 0.1) is 0 Å². The highest BCUT2D eigenvalue weighted by atomic mass is 35.5. The van der Waals surface area contributed by atoms with E-state index in [9.17, 15) is 0 Å². The summed E-state index contributed by atoms with van der Waals surface area (Å²) in [5.41, 5.74) is 1.02. The van der Waals surface area contributed by atoms with Crippen LogP contribution < -0.4 is 20.1 Å². The predicted octanol–water partition coefficient (Wildman–Crippen LogP) is 1.97. The highest BCUT2D eigenvalue weighted by Gasteiger charge is 2.11. The molecular weight excluding hydrogens is 304 g/mol. The lowest BCUT2D eigenvalue weighted by Gasteiger charge is -2.14. The lowest BCUT2D eigenvalue weighted by atomic mass is 10.2. The van der Waals surface area contributed by atoms with Crippen LogP contribution in [0.25, 0.3) is 0 Å². The van der Waals surface area contributed by atoms with Crippen molar-refractivity contribution >= 4 is 11.6 Å². The topological polar surface area (TPSA) is 62.8 Å². The van der Waals surface area contributed by atoms with Crippen molar-refractivity contribution in [2.45, 2.75) is 19.6 Å². The van der Waals surface area contributed by atoms with Crippen molar-refractivity contribution < 1.29 is 14.6 Å². The Bertz CT molecular complexity index is 467.